The second-order valence-corrected chi connectivity index (χ2v) is 3.73. The van der Waals surface area contributed by atoms with Gasteiger partial charge in [0.25, 0.3) is 5.69 Å². The van der Waals surface area contributed by atoms with E-state index in [2.05, 4.69) is 17.2 Å². The van der Waals surface area contributed by atoms with Crippen molar-refractivity contribution in [1.29, 1.82) is 0 Å². The van der Waals surface area contributed by atoms with Crippen LogP contribution in [0.4, 0.5) is 5.69 Å². The molecule has 0 saturated carbocycles. The zero-order valence-corrected chi connectivity index (χ0v) is 10.5. The van der Waals surface area contributed by atoms with Gasteiger partial charge in [0.1, 0.15) is 5.56 Å². The molecule has 0 aromatic heterocycles. The van der Waals surface area contributed by atoms with Crippen LogP contribution in [0.5, 0.6) is 0 Å². The quantitative estimate of drug-likeness (QED) is 0.353. The van der Waals surface area contributed by atoms with Crippen LogP contribution < -0.4 is 5.32 Å². The van der Waals surface area contributed by atoms with E-state index in [0.29, 0.717) is 18.5 Å². The van der Waals surface area contributed by atoms with Crippen molar-refractivity contribution >= 4 is 11.7 Å². The predicted molar refractivity (Wildman–Crippen MR) is 69.8 cm³/mol. The van der Waals surface area contributed by atoms with Gasteiger partial charge in [-0.2, -0.15) is 0 Å². The summed E-state index contributed by atoms with van der Waals surface area (Å²) in [7, 11) is 0. The average molecular weight is 262 g/mol. The molecule has 6 heteroatoms. The van der Waals surface area contributed by atoms with Gasteiger partial charge in [0, 0.05) is 25.6 Å². The van der Waals surface area contributed by atoms with Crippen LogP contribution in [0, 0.1) is 22.0 Å². The Morgan fingerprint density at radius 3 is 2.84 bits per heavy atom. The number of nitrogens with one attached hydrogen (secondary N) is 1. The predicted octanol–water partition coefficient (Wildman–Crippen LogP) is 1.80. The number of benzene rings is 1. The van der Waals surface area contributed by atoms with Gasteiger partial charge in [-0.05, 0) is 12.5 Å². The topological polar surface area (TPSA) is 92.5 Å². The molecule has 0 bridgehead atoms. The molecular weight excluding hydrogens is 248 g/mol. The van der Waals surface area contributed by atoms with Crippen molar-refractivity contribution in [2.75, 3.05) is 6.54 Å². The summed E-state index contributed by atoms with van der Waals surface area (Å²) in [5.74, 6) is 4.32. The Balaban J connectivity index is 2.87. The van der Waals surface area contributed by atoms with E-state index in [-0.39, 0.29) is 17.8 Å². The third-order valence-corrected chi connectivity index (χ3v) is 2.46. The number of carboxylic acid groups (broad SMARTS) is 1. The Morgan fingerprint density at radius 1 is 1.53 bits per heavy atom. The van der Waals surface area contributed by atoms with Gasteiger partial charge in [-0.1, -0.05) is 12.1 Å². The van der Waals surface area contributed by atoms with Crippen molar-refractivity contribution < 1.29 is 14.8 Å². The summed E-state index contributed by atoms with van der Waals surface area (Å²) >= 11 is 0. The van der Waals surface area contributed by atoms with Crippen LogP contribution in [0.3, 0.4) is 0 Å². The molecule has 0 aliphatic carbocycles. The standard InChI is InChI=1S/C13H14N2O4/c1-2-3-4-8-14-9-10-6-5-7-11(15(18)19)12(10)13(16)17/h5-7,14H,4,8-9H2,1H3,(H,16,17). The minimum absolute atomic E-state index is 0.259. The smallest absolute Gasteiger partial charge is 0.343 e. The molecule has 0 aliphatic heterocycles. The van der Waals surface area contributed by atoms with Gasteiger partial charge in [-0.25, -0.2) is 4.79 Å². The third-order valence-electron chi connectivity index (χ3n) is 2.46. The molecule has 0 radical (unpaired) electrons. The molecule has 1 rings (SSSR count). The normalized spacial score (nSPS) is 9.53. The lowest BCUT2D eigenvalue weighted by Gasteiger charge is -2.07. The first-order chi connectivity index (χ1) is 9.07. The Labute approximate surface area is 110 Å². The number of nitro groups is 1. The maximum Gasteiger partial charge on any atom is 0.343 e. The van der Waals surface area contributed by atoms with Crippen LogP contribution in [0.2, 0.25) is 0 Å². The molecule has 1 aromatic carbocycles. The first kappa shape index (κ1) is 14.7. The fraction of sp³-hybridized carbons (Fsp3) is 0.308. The van der Waals surface area contributed by atoms with E-state index in [9.17, 15) is 14.9 Å². The van der Waals surface area contributed by atoms with E-state index in [1.165, 1.54) is 12.1 Å². The van der Waals surface area contributed by atoms with Crippen LogP contribution in [-0.2, 0) is 6.54 Å². The molecule has 0 heterocycles. The molecule has 2 N–H and O–H groups in total. The number of rotatable bonds is 6. The summed E-state index contributed by atoms with van der Waals surface area (Å²) in [4.78, 5) is 21.2. The number of hydrogen-bond acceptors (Lipinski definition) is 4. The highest BCUT2D eigenvalue weighted by molar-refractivity contribution is 5.94. The molecule has 19 heavy (non-hydrogen) atoms. The van der Waals surface area contributed by atoms with Crippen molar-refractivity contribution in [3.8, 4) is 11.8 Å². The fourth-order valence-corrected chi connectivity index (χ4v) is 1.63. The van der Waals surface area contributed by atoms with Crippen LogP contribution in [-0.4, -0.2) is 22.5 Å². The Hall–Kier alpha value is -2.39. The van der Waals surface area contributed by atoms with Gasteiger partial charge in [-0.15, -0.1) is 11.8 Å². The average Bonchev–Trinajstić information content (AvgIpc) is 2.37. The van der Waals surface area contributed by atoms with Gasteiger partial charge in [0.2, 0.25) is 0 Å². The van der Waals surface area contributed by atoms with Crippen LogP contribution in [0.1, 0.15) is 29.3 Å². The van der Waals surface area contributed by atoms with Gasteiger partial charge in [0.15, 0.2) is 0 Å². The zero-order chi connectivity index (χ0) is 14.3. The van der Waals surface area contributed by atoms with Crippen molar-refractivity contribution in [3.05, 3.63) is 39.4 Å². The molecule has 0 aliphatic rings. The van der Waals surface area contributed by atoms with E-state index in [1.54, 1.807) is 13.0 Å². The maximum atomic E-state index is 11.1. The lowest BCUT2D eigenvalue weighted by molar-refractivity contribution is -0.385. The number of carboxylic acids is 1. The van der Waals surface area contributed by atoms with E-state index < -0.39 is 10.9 Å². The van der Waals surface area contributed by atoms with Gasteiger partial charge >= 0.3 is 5.97 Å². The summed E-state index contributed by atoms with van der Waals surface area (Å²) in [6.07, 6.45) is 0.647. The highest BCUT2D eigenvalue weighted by Gasteiger charge is 2.22. The maximum absolute atomic E-state index is 11.1. The first-order valence-corrected chi connectivity index (χ1v) is 5.67. The molecule has 0 atom stereocenters. The molecule has 0 saturated heterocycles. The molecular formula is C13H14N2O4. The van der Waals surface area contributed by atoms with Gasteiger partial charge < -0.3 is 10.4 Å². The summed E-state index contributed by atoms with van der Waals surface area (Å²) in [5, 5.41) is 22.9. The van der Waals surface area contributed by atoms with Crippen molar-refractivity contribution in [2.45, 2.75) is 19.9 Å². The van der Waals surface area contributed by atoms with E-state index in [0.717, 1.165) is 0 Å². The first-order valence-electron chi connectivity index (χ1n) is 5.67. The van der Waals surface area contributed by atoms with E-state index in [1.807, 2.05) is 0 Å². The number of nitro benzene ring substituents is 1. The summed E-state index contributed by atoms with van der Waals surface area (Å²) in [5.41, 5.74) is -0.257. The van der Waals surface area contributed by atoms with E-state index >= 15 is 0 Å². The SMILES string of the molecule is CC#CCCNCc1cccc([N+](=O)[O-])c1C(=O)O. The number of aromatic carboxylic acids is 1. The summed E-state index contributed by atoms with van der Waals surface area (Å²) in [6, 6.07) is 4.23. The Bertz CT molecular complexity index is 543. The van der Waals surface area contributed by atoms with Crippen molar-refractivity contribution in [2.24, 2.45) is 0 Å². The van der Waals surface area contributed by atoms with Crippen molar-refractivity contribution in [1.82, 2.24) is 5.32 Å². The monoisotopic (exact) mass is 262 g/mol. The van der Waals surface area contributed by atoms with Gasteiger partial charge in [0.05, 0.1) is 4.92 Å². The highest BCUT2D eigenvalue weighted by atomic mass is 16.6. The number of carbonyl (C=O) groups is 1. The molecule has 0 unspecified atom stereocenters. The van der Waals surface area contributed by atoms with E-state index in [4.69, 9.17) is 5.11 Å². The second kappa shape index (κ2) is 7.13. The van der Waals surface area contributed by atoms with Gasteiger partial charge in [-0.3, -0.25) is 10.1 Å². The number of nitrogens with zero attached hydrogens (tertiary/aromatic N) is 1. The molecule has 0 spiro atoms. The second-order valence-electron chi connectivity index (χ2n) is 3.73. The molecule has 0 fully saturated rings. The largest absolute Gasteiger partial charge is 0.477 e. The highest BCUT2D eigenvalue weighted by Crippen LogP contribution is 2.22. The molecule has 6 nitrogen and oxygen atoms in total. The molecule has 100 valence electrons. The summed E-state index contributed by atoms with van der Waals surface area (Å²) < 4.78 is 0. The fourth-order valence-electron chi connectivity index (χ4n) is 1.63. The van der Waals surface area contributed by atoms with Crippen LogP contribution in [0.15, 0.2) is 18.2 Å². The number of hydrogen-bond donors (Lipinski definition) is 2. The van der Waals surface area contributed by atoms with Crippen LogP contribution >= 0.6 is 0 Å². The lowest BCUT2D eigenvalue weighted by atomic mass is 10.1. The third kappa shape index (κ3) is 4.08. The zero-order valence-electron chi connectivity index (χ0n) is 10.5. The molecule has 0 amide bonds. The molecule has 1 aromatic rings. The Kier molecular flexibility index (Phi) is 5.51. The minimum atomic E-state index is -1.29. The van der Waals surface area contributed by atoms with Crippen LogP contribution in [0.25, 0.3) is 0 Å². The lowest BCUT2D eigenvalue weighted by Crippen LogP contribution is -2.17. The van der Waals surface area contributed by atoms with Crippen molar-refractivity contribution in [3.63, 3.8) is 0 Å². The minimum Gasteiger partial charge on any atom is -0.477 e. The Morgan fingerprint density at radius 2 is 2.26 bits per heavy atom. The summed E-state index contributed by atoms with van der Waals surface area (Å²) in [6.45, 7) is 2.60.